The van der Waals surface area contributed by atoms with Crippen molar-refractivity contribution in [1.82, 2.24) is 14.3 Å². The standard InChI is InChI=1S/C24H29N3O4/c1-15-12-22(17(3)26(15)5)23(28)14-31-24(29)11-10-21-16(2)25-27(18(21)4)19-8-7-9-20(13-19)30-6/h7-9,12-13H,10-11,14H2,1-6H3. The second kappa shape index (κ2) is 9.20. The summed E-state index contributed by atoms with van der Waals surface area (Å²) in [7, 11) is 3.53. The molecule has 1 aromatic carbocycles. The second-order valence-electron chi connectivity index (χ2n) is 7.69. The molecular formula is C24H29N3O4. The lowest BCUT2D eigenvalue weighted by Crippen LogP contribution is -2.15. The largest absolute Gasteiger partial charge is 0.497 e. The number of carbonyl (C=O) groups is 2. The number of Topliss-reactive ketones (excluding diaryl/α,β-unsaturated/α-hetero) is 1. The van der Waals surface area contributed by atoms with E-state index in [1.165, 1.54) is 0 Å². The van der Waals surface area contributed by atoms with Gasteiger partial charge in [-0.15, -0.1) is 0 Å². The van der Waals surface area contributed by atoms with Crippen LogP contribution in [0.5, 0.6) is 5.75 Å². The third kappa shape index (κ3) is 4.71. The van der Waals surface area contributed by atoms with Crippen LogP contribution in [0.15, 0.2) is 30.3 Å². The first kappa shape index (κ1) is 22.3. The van der Waals surface area contributed by atoms with Crippen molar-refractivity contribution in [3.05, 3.63) is 64.2 Å². The molecule has 2 heterocycles. The Morgan fingerprint density at radius 2 is 1.81 bits per heavy atom. The van der Waals surface area contributed by atoms with E-state index in [1.54, 1.807) is 7.11 Å². The number of ether oxygens (including phenoxy) is 2. The number of methoxy groups -OCH3 is 1. The van der Waals surface area contributed by atoms with Crippen LogP contribution in [0.3, 0.4) is 0 Å². The van der Waals surface area contributed by atoms with Crippen LogP contribution in [0.4, 0.5) is 0 Å². The van der Waals surface area contributed by atoms with Gasteiger partial charge in [0.15, 0.2) is 6.61 Å². The van der Waals surface area contributed by atoms with Gasteiger partial charge in [-0.05, 0) is 57.9 Å². The summed E-state index contributed by atoms with van der Waals surface area (Å²) in [5.74, 6) is 0.169. The van der Waals surface area contributed by atoms with E-state index in [0.717, 1.165) is 39.8 Å². The topological polar surface area (TPSA) is 75.4 Å². The van der Waals surface area contributed by atoms with Gasteiger partial charge in [0.25, 0.3) is 0 Å². The molecule has 7 nitrogen and oxygen atoms in total. The minimum atomic E-state index is -0.397. The molecular weight excluding hydrogens is 394 g/mol. The van der Waals surface area contributed by atoms with E-state index in [-0.39, 0.29) is 18.8 Å². The summed E-state index contributed by atoms with van der Waals surface area (Å²) >= 11 is 0. The van der Waals surface area contributed by atoms with Crippen molar-refractivity contribution in [2.45, 2.75) is 40.5 Å². The van der Waals surface area contributed by atoms with Crippen molar-refractivity contribution in [2.24, 2.45) is 7.05 Å². The van der Waals surface area contributed by atoms with Crippen molar-refractivity contribution in [1.29, 1.82) is 0 Å². The van der Waals surface area contributed by atoms with Crippen molar-refractivity contribution in [2.75, 3.05) is 13.7 Å². The third-order valence-electron chi connectivity index (χ3n) is 5.76. The Kier molecular flexibility index (Phi) is 6.63. The maximum absolute atomic E-state index is 12.4. The maximum atomic E-state index is 12.4. The molecule has 0 amide bonds. The van der Waals surface area contributed by atoms with Crippen molar-refractivity contribution >= 4 is 11.8 Å². The Hall–Kier alpha value is -3.35. The molecule has 0 saturated heterocycles. The molecule has 0 saturated carbocycles. The van der Waals surface area contributed by atoms with E-state index < -0.39 is 5.97 Å². The van der Waals surface area contributed by atoms with Gasteiger partial charge in [0.2, 0.25) is 5.78 Å². The Labute approximate surface area is 182 Å². The summed E-state index contributed by atoms with van der Waals surface area (Å²) in [4.78, 5) is 24.7. The SMILES string of the molecule is COc1cccc(-n2nc(C)c(CCC(=O)OCC(=O)c3cc(C)n(C)c3C)c2C)c1. The number of ketones is 1. The number of benzene rings is 1. The van der Waals surface area contributed by atoms with E-state index in [9.17, 15) is 9.59 Å². The molecule has 0 atom stereocenters. The fourth-order valence-corrected chi connectivity index (χ4v) is 3.69. The Balaban J connectivity index is 1.62. The summed E-state index contributed by atoms with van der Waals surface area (Å²) in [5, 5.41) is 4.62. The van der Waals surface area contributed by atoms with Gasteiger partial charge in [-0.25, -0.2) is 4.68 Å². The van der Waals surface area contributed by atoms with Crippen LogP contribution >= 0.6 is 0 Å². The first-order valence-electron chi connectivity index (χ1n) is 10.2. The summed E-state index contributed by atoms with van der Waals surface area (Å²) < 4.78 is 14.3. The number of carbonyl (C=O) groups excluding carboxylic acids is 2. The highest BCUT2D eigenvalue weighted by molar-refractivity contribution is 5.99. The van der Waals surface area contributed by atoms with Crippen LogP contribution in [0.25, 0.3) is 5.69 Å². The van der Waals surface area contributed by atoms with E-state index >= 15 is 0 Å². The Morgan fingerprint density at radius 3 is 2.45 bits per heavy atom. The molecule has 0 fully saturated rings. The zero-order valence-corrected chi connectivity index (χ0v) is 19.0. The highest BCUT2D eigenvalue weighted by Crippen LogP contribution is 2.22. The summed E-state index contributed by atoms with van der Waals surface area (Å²) in [6.07, 6.45) is 0.684. The molecule has 0 N–H and O–H groups in total. The monoisotopic (exact) mass is 423 g/mol. The van der Waals surface area contributed by atoms with Crippen LogP contribution in [-0.2, 0) is 23.0 Å². The molecule has 0 aliphatic rings. The highest BCUT2D eigenvalue weighted by atomic mass is 16.5. The molecule has 2 aromatic heterocycles. The van der Waals surface area contributed by atoms with Gasteiger partial charge < -0.3 is 14.0 Å². The molecule has 7 heteroatoms. The van der Waals surface area contributed by atoms with E-state index in [0.29, 0.717) is 12.0 Å². The number of aromatic nitrogens is 3. The number of hydrogen-bond donors (Lipinski definition) is 0. The maximum Gasteiger partial charge on any atom is 0.306 e. The number of esters is 1. The molecule has 0 aliphatic carbocycles. The minimum Gasteiger partial charge on any atom is -0.497 e. The van der Waals surface area contributed by atoms with E-state index in [1.807, 2.05) is 74.3 Å². The average molecular weight is 424 g/mol. The van der Waals surface area contributed by atoms with Crippen molar-refractivity contribution in [3.63, 3.8) is 0 Å². The molecule has 0 radical (unpaired) electrons. The molecule has 0 bridgehead atoms. The Bertz CT molecular complexity index is 1120. The summed E-state index contributed by atoms with van der Waals surface area (Å²) in [6.45, 7) is 7.47. The fraction of sp³-hybridized carbons (Fsp3) is 0.375. The lowest BCUT2D eigenvalue weighted by molar-refractivity contribution is -0.142. The van der Waals surface area contributed by atoms with Crippen LogP contribution in [0.1, 0.15) is 45.1 Å². The number of rotatable bonds is 8. The van der Waals surface area contributed by atoms with Crippen LogP contribution < -0.4 is 4.74 Å². The number of hydrogen-bond acceptors (Lipinski definition) is 5. The molecule has 0 unspecified atom stereocenters. The molecule has 3 rings (SSSR count). The normalized spacial score (nSPS) is 10.9. The fourth-order valence-electron chi connectivity index (χ4n) is 3.69. The van der Waals surface area contributed by atoms with Gasteiger partial charge in [-0.3, -0.25) is 9.59 Å². The lowest BCUT2D eigenvalue weighted by Gasteiger charge is -2.08. The van der Waals surface area contributed by atoms with Gasteiger partial charge in [0.1, 0.15) is 5.75 Å². The first-order valence-corrected chi connectivity index (χ1v) is 10.2. The van der Waals surface area contributed by atoms with E-state index in [2.05, 4.69) is 5.10 Å². The van der Waals surface area contributed by atoms with E-state index in [4.69, 9.17) is 9.47 Å². The summed E-state index contributed by atoms with van der Waals surface area (Å²) in [5.41, 5.74) is 6.18. The van der Waals surface area contributed by atoms with Crippen LogP contribution in [0, 0.1) is 27.7 Å². The van der Waals surface area contributed by atoms with Crippen molar-refractivity contribution < 1.29 is 19.1 Å². The van der Waals surface area contributed by atoms with Crippen molar-refractivity contribution in [3.8, 4) is 11.4 Å². The molecule has 0 spiro atoms. The predicted octanol–water partition coefficient (Wildman–Crippen LogP) is 3.81. The van der Waals surface area contributed by atoms with Gasteiger partial charge in [-0.1, -0.05) is 6.07 Å². The zero-order valence-electron chi connectivity index (χ0n) is 19.0. The Morgan fingerprint density at radius 1 is 1.06 bits per heavy atom. The average Bonchev–Trinajstić information content (AvgIpc) is 3.20. The highest BCUT2D eigenvalue weighted by Gasteiger charge is 2.18. The lowest BCUT2D eigenvalue weighted by atomic mass is 10.1. The molecule has 31 heavy (non-hydrogen) atoms. The molecule has 3 aromatic rings. The predicted molar refractivity (Wildman–Crippen MR) is 118 cm³/mol. The number of nitrogens with zero attached hydrogens (tertiary/aromatic N) is 3. The minimum absolute atomic E-state index is 0.186. The molecule has 164 valence electrons. The van der Waals surface area contributed by atoms with Gasteiger partial charge in [0, 0.05) is 42.2 Å². The quantitative estimate of drug-likeness (QED) is 0.407. The van der Waals surface area contributed by atoms with Crippen LogP contribution in [-0.4, -0.2) is 39.8 Å². The second-order valence-corrected chi connectivity index (χ2v) is 7.69. The first-order chi connectivity index (χ1) is 14.7. The van der Waals surface area contributed by atoms with Gasteiger partial charge in [0.05, 0.1) is 18.5 Å². The zero-order chi connectivity index (χ0) is 22.7. The van der Waals surface area contributed by atoms with Crippen LogP contribution in [0.2, 0.25) is 0 Å². The van der Waals surface area contributed by atoms with Gasteiger partial charge in [-0.2, -0.15) is 5.10 Å². The smallest absolute Gasteiger partial charge is 0.306 e. The summed E-state index contributed by atoms with van der Waals surface area (Å²) in [6, 6.07) is 9.49. The molecule has 0 aliphatic heterocycles. The third-order valence-corrected chi connectivity index (χ3v) is 5.76. The number of aryl methyl sites for hydroxylation is 2. The van der Waals surface area contributed by atoms with Gasteiger partial charge >= 0.3 is 5.97 Å².